The van der Waals surface area contributed by atoms with Crippen LogP contribution in [0.2, 0.25) is 0 Å². The normalized spacial score (nSPS) is 49.4. The second kappa shape index (κ2) is 2.82. The van der Waals surface area contributed by atoms with Gasteiger partial charge >= 0.3 is 5.97 Å². The Morgan fingerprint density at radius 1 is 1.33 bits per heavy atom. The van der Waals surface area contributed by atoms with Crippen molar-refractivity contribution >= 4 is 5.97 Å². The smallest absolute Gasteiger partial charge is 0.342 e. The van der Waals surface area contributed by atoms with E-state index in [9.17, 15) is 4.79 Å². The molecule has 2 saturated heterocycles. The maximum atomic E-state index is 12.3. The summed E-state index contributed by atoms with van der Waals surface area (Å²) in [5, 5.41) is 0. The van der Waals surface area contributed by atoms with Gasteiger partial charge in [-0.3, -0.25) is 0 Å². The zero-order valence-electron chi connectivity index (χ0n) is 10.6. The van der Waals surface area contributed by atoms with Crippen molar-refractivity contribution in [2.75, 3.05) is 0 Å². The lowest BCUT2D eigenvalue weighted by Gasteiger charge is -2.35. The van der Waals surface area contributed by atoms with Gasteiger partial charge < -0.3 is 13.9 Å². The lowest BCUT2D eigenvalue weighted by molar-refractivity contribution is -0.145. The molecule has 4 nitrogen and oxygen atoms in total. The molecule has 1 aromatic rings. The van der Waals surface area contributed by atoms with E-state index in [1.165, 1.54) is 0 Å². The van der Waals surface area contributed by atoms with E-state index >= 15 is 0 Å². The highest BCUT2D eigenvalue weighted by Gasteiger charge is 2.86. The summed E-state index contributed by atoms with van der Waals surface area (Å²) < 4.78 is 16.7. The molecule has 4 heteroatoms. The second-order valence-electron chi connectivity index (χ2n) is 6.13. The van der Waals surface area contributed by atoms with Crippen molar-refractivity contribution in [3.8, 4) is 0 Å². The quantitative estimate of drug-likeness (QED) is 0.566. The van der Waals surface area contributed by atoms with Gasteiger partial charge in [-0.25, -0.2) is 4.79 Å². The lowest BCUT2D eigenvalue weighted by atomic mass is 9.61. The van der Waals surface area contributed by atoms with E-state index < -0.39 is 5.60 Å². The number of furan rings is 1. The average molecular weight is 248 g/mol. The molecule has 0 unspecified atom stereocenters. The molecule has 1 aliphatic carbocycles. The molecule has 1 saturated carbocycles. The van der Waals surface area contributed by atoms with E-state index in [0.717, 1.165) is 24.8 Å². The van der Waals surface area contributed by atoms with Crippen molar-refractivity contribution in [2.45, 2.75) is 50.4 Å². The van der Waals surface area contributed by atoms with Crippen LogP contribution in [-0.4, -0.2) is 17.2 Å². The minimum Gasteiger partial charge on any atom is -0.472 e. The molecule has 3 aliphatic rings. The zero-order valence-corrected chi connectivity index (χ0v) is 10.6. The third-order valence-corrected chi connectivity index (χ3v) is 5.17. The number of hydrogen-bond donors (Lipinski definition) is 0. The van der Waals surface area contributed by atoms with E-state index in [1.54, 1.807) is 12.5 Å². The van der Waals surface area contributed by atoms with Crippen molar-refractivity contribution in [1.82, 2.24) is 0 Å². The number of cyclic esters (lactones) is 1. The van der Waals surface area contributed by atoms with Crippen LogP contribution in [0, 0.1) is 5.41 Å². The SMILES string of the molecule is C[C@@]12CCC[C@]3(C)[C@H](c4ccoc4)OC(=O)[C@@]13O2. The maximum Gasteiger partial charge on any atom is 0.342 e. The molecule has 1 aromatic heterocycles. The van der Waals surface area contributed by atoms with Gasteiger partial charge in [-0.2, -0.15) is 0 Å². The predicted molar refractivity (Wildman–Crippen MR) is 61.7 cm³/mol. The topological polar surface area (TPSA) is 52.0 Å². The van der Waals surface area contributed by atoms with Crippen LogP contribution in [-0.2, 0) is 14.3 Å². The fourth-order valence-corrected chi connectivity index (χ4v) is 4.22. The summed E-state index contributed by atoms with van der Waals surface area (Å²) in [6.45, 7) is 4.14. The Balaban J connectivity index is 1.84. The molecule has 4 rings (SSSR count). The van der Waals surface area contributed by atoms with Gasteiger partial charge in [-0.15, -0.1) is 0 Å². The van der Waals surface area contributed by atoms with Gasteiger partial charge in [0.15, 0.2) is 0 Å². The van der Waals surface area contributed by atoms with Gasteiger partial charge in [0.05, 0.1) is 17.9 Å². The van der Waals surface area contributed by atoms with Crippen LogP contribution in [0.5, 0.6) is 0 Å². The van der Waals surface area contributed by atoms with Crippen LogP contribution in [0.4, 0.5) is 0 Å². The first-order valence-corrected chi connectivity index (χ1v) is 6.47. The summed E-state index contributed by atoms with van der Waals surface area (Å²) in [5.41, 5.74) is -0.390. The Bertz CT molecular complexity index is 522. The molecule has 0 bridgehead atoms. The first-order chi connectivity index (χ1) is 8.54. The average Bonchev–Trinajstić information content (AvgIpc) is 2.68. The standard InChI is InChI=1S/C14H16O4/c1-12-5-3-6-13(2)14(12,18-13)11(15)17-10(12)9-4-7-16-8-9/h4,7-8,10H,3,5-6H2,1-2H3/t10-,12+,13+,14-/m0/s1. The Morgan fingerprint density at radius 2 is 2.17 bits per heavy atom. The number of esters is 1. The number of hydrogen-bond acceptors (Lipinski definition) is 4. The molecule has 0 radical (unpaired) electrons. The monoisotopic (exact) mass is 248 g/mol. The number of carbonyl (C=O) groups is 1. The van der Waals surface area contributed by atoms with E-state index in [1.807, 2.05) is 13.0 Å². The van der Waals surface area contributed by atoms with Crippen molar-refractivity contribution in [3.63, 3.8) is 0 Å². The fourth-order valence-electron chi connectivity index (χ4n) is 4.22. The summed E-state index contributed by atoms with van der Waals surface area (Å²) in [6, 6.07) is 1.87. The van der Waals surface area contributed by atoms with Crippen molar-refractivity contribution < 1.29 is 18.7 Å². The van der Waals surface area contributed by atoms with Gasteiger partial charge in [-0.1, -0.05) is 6.92 Å². The van der Waals surface area contributed by atoms with Gasteiger partial charge in [0.2, 0.25) is 5.60 Å². The van der Waals surface area contributed by atoms with E-state index in [-0.39, 0.29) is 23.1 Å². The van der Waals surface area contributed by atoms with Gasteiger partial charge in [0.25, 0.3) is 0 Å². The van der Waals surface area contributed by atoms with Gasteiger partial charge in [-0.05, 0) is 32.3 Å². The summed E-state index contributed by atoms with van der Waals surface area (Å²) in [7, 11) is 0. The fraction of sp³-hybridized carbons (Fsp3) is 0.643. The van der Waals surface area contributed by atoms with E-state index in [0.29, 0.717) is 0 Å². The first-order valence-electron chi connectivity index (χ1n) is 6.47. The highest BCUT2D eigenvalue weighted by molar-refractivity contribution is 5.89. The third-order valence-electron chi connectivity index (χ3n) is 5.17. The molecular weight excluding hydrogens is 232 g/mol. The Kier molecular flexibility index (Phi) is 1.66. The third kappa shape index (κ3) is 0.891. The molecule has 3 heterocycles. The number of ether oxygens (including phenoxy) is 2. The van der Waals surface area contributed by atoms with Crippen LogP contribution >= 0.6 is 0 Å². The molecule has 0 amide bonds. The van der Waals surface area contributed by atoms with E-state index in [2.05, 4.69) is 6.92 Å². The Labute approximate surface area is 105 Å². The maximum absolute atomic E-state index is 12.3. The highest BCUT2D eigenvalue weighted by atomic mass is 16.7. The largest absolute Gasteiger partial charge is 0.472 e. The number of epoxide rings is 1. The first kappa shape index (κ1) is 10.6. The van der Waals surface area contributed by atoms with Gasteiger partial charge in [0, 0.05) is 5.56 Å². The van der Waals surface area contributed by atoms with E-state index in [4.69, 9.17) is 13.9 Å². The molecule has 0 aromatic carbocycles. The molecule has 96 valence electrons. The zero-order chi connectivity index (χ0) is 12.6. The molecule has 1 spiro atoms. The number of rotatable bonds is 1. The minimum absolute atomic E-state index is 0.196. The molecule has 2 aliphatic heterocycles. The molecule has 0 N–H and O–H groups in total. The lowest BCUT2D eigenvalue weighted by Crippen LogP contribution is -2.46. The predicted octanol–water partition coefficient (Wildman–Crippen LogP) is 2.60. The minimum atomic E-state index is -0.722. The Morgan fingerprint density at radius 3 is 2.89 bits per heavy atom. The van der Waals surface area contributed by atoms with Crippen LogP contribution in [0.3, 0.4) is 0 Å². The van der Waals surface area contributed by atoms with Crippen LogP contribution in [0.15, 0.2) is 23.0 Å². The van der Waals surface area contributed by atoms with Crippen LogP contribution < -0.4 is 0 Å². The molecule has 3 fully saturated rings. The molecular formula is C14H16O4. The summed E-state index contributed by atoms with van der Waals surface area (Å²) in [4.78, 5) is 12.3. The number of carbonyl (C=O) groups excluding carboxylic acids is 1. The van der Waals surface area contributed by atoms with Crippen molar-refractivity contribution in [1.29, 1.82) is 0 Å². The van der Waals surface area contributed by atoms with Crippen molar-refractivity contribution in [3.05, 3.63) is 24.2 Å². The summed E-state index contributed by atoms with van der Waals surface area (Å²) in [6.07, 6.45) is 6.00. The Hall–Kier alpha value is -1.29. The second-order valence-corrected chi connectivity index (χ2v) is 6.13. The van der Waals surface area contributed by atoms with Gasteiger partial charge in [0.1, 0.15) is 11.7 Å². The van der Waals surface area contributed by atoms with Crippen molar-refractivity contribution in [2.24, 2.45) is 5.41 Å². The summed E-state index contributed by atoms with van der Waals surface area (Å²) >= 11 is 0. The molecule has 4 atom stereocenters. The van der Waals surface area contributed by atoms with Crippen LogP contribution in [0.1, 0.15) is 44.8 Å². The molecule has 18 heavy (non-hydrogen) atoms. The summed E-state index contributed by atoms with van der Waals surface area (Å²) in [5.74, 6) is -0.196. The van der Waals surface area contributed by atoms with Crippen LogP contribution in [0.25, 0.3) is 0 Å². The highest BCUT2D eigenvalue weighted by Crippen LogP contribution is 2.73.